The molecule has 2 bridgehead atoms. The molecule has 1 aliphatic carbocycles. The molecule has 3 fully saturated rings. The fourth-order valence-electron chi connectivity index (χ4n) is 4.61. The van der Waals surface area contributed by atoms with Gasteiger partial charge in [-0.2, -0.15) is 0 Å². The van der Waals surface area contributed by atoms with E-state index in [-0.39, 0.29) is 6.04 Å². The molecule has 3 aliphatic rings. The highest BCUT2D eigenvalue weighted by Gasteiger charge is 2.50. The summed E-state index contributed by atoms with van der Waals surface area (Å²) in [6, 6.07) is 21.3. The minimum Gasteiger partial charge on any atom is -0.384 e. The van der Waals surface area contributed by atoms with Crippen molar-refractivity contribution in [3.63, 3.8) is 0 Å². The first-order valence-electron chi connectivity index (χ1n) is 8.81. The zero-order valence-corrected chi connectivity index (χ0v) is 13.6. The van der Waals surface area contributed by atoms with Crippen LogP contribution in [0.15, 0.2) is 60.7 Å². The second-order valence-corrected chi connectivity index (χ2v) is 7.18. The quantitative estimate of drug-likeness (QED) is 0.933. The molecule has 5 rings (SSSR count). The SMILES string of the molecule is OC1(c2ccccc2)CC2CCC1N(CCc1ccccc1)C2. The molecule has 0 amide bonds. The fourth-order valence-corrected chi connectivity index (χ4v) is 4.61. The second-order valence-electron chi connectivity index (χ2n) is 7.18. The van der Waals surface area contributed by atoms with Crippen molar-refractivity contribution in [2.75, 3.05) is 13.1 Å². The van der Waals surface area contributed by atoms with E-state index >= 15 is 0 Å². The first kappa shape index (κ1) is 14.9. The molecule has 1 saturated carbocycles. The molecule has 0 aromatic heterocycles. The minimum absolute atomic E-state index is 0.263. The van der Waals surface area contributed by atoms with Crippen LogP contribution in [0.25, 0.3) is 0 Å². The van der Waals surface area contributed by atoms with E-state index in [1.165, 1.54) is 12.0 Å². The Labute approximate surface area is 138 Å². The van der Waals surface area contributed by atoms with Crippen molar-refractivity contribution in [2.45, 2.75) is 37.3 Å². The van der Waals surface area contributed by atoms with E-state index < -0.39 is 5.60 Å². The number of hydrogen-bond donors (Lipinski definition) is 1. The lowest BCUT2D eigenvalue weighted by Gasteiger charge is -2.55. The summed E-state index contributed by atoms with van der Waals surface area (Å²) in [6.45, 7) is 2.19. The Balaban J connectivity index is 1.53. The van der Waals surface area contributed by atoms with Crippen LogP contribution in [0, 0.1) is 5.92 Å². The van der Waals surface area contributed by atoms with Gasteiger partial charge < -0.3 is 5.11 Å². The summed E-state index contributed by atoms with van der Waals surface area (Å²) in [4.78, 5) is 2.54. The predicted molar refractivity (Wildman–Crippen MR) is 93.2 cm³/mol. The van der Waals surface area contributed by atoms with E-state index in [1.54, 1.807) is 0 Å². The van der Waals surface area contributed by atoms with Crippen LogP contribution in [-0.2, 0) is 12.0 Å². The molecule has 2 saturated heterocycles. The van der Waals surface area contributed by atoms with Gasteiger partial charge in [0.1, 0.15) is 5.60 Å². The molecule has 3 unspecified atom stereocenters. The van der Waals surface area contributed by atoms with E-state index in [0.717, 1.165) is 37.9 Å². The van der Waals surface area contributed by atoms with Gasteiger partial charge in [0.2, 0.25) is 0 Å². The van der Waals surface area contributed by atoms with Crippen molar-refractivity contribution in [3.05, 3.63) is 71.8 Å². The van der Waals surface area contributed by atoms with Gasteiger partial charge in [-0.3, -0.25) is 4.90 Å². The summed E-state index contributed by atoms with van der Waals surface area (Å²) in [5.74, 6) is 0.626. The highest BCUT2D eigenvalue weighted by Crippen LogP contribution is 2.47. The van der Waals surface area contributed by atoms with Crippen LogP contribution in [0.5, 0.6) is 0 Å². The van der Waals surface area contributed by atoms with Crippen molar-refractivity contribution in [1.29, 1.82) is 0 Å². The number of rotatable bonds is 4. The van der Waals surface area contributed by atoms with Crippen LogP contribution in [0.4, 0.5) is 0 Å². The van der Waals surface area contributed by atoms with Gasteiger partial charge in [0, 0.05) is 19.1 Å². The maximum Gasteiger partial charge on any atom is 0.105 e. The number of piperidine rings is 2. The van der Waals surface area contributed by atoms with Gasteiger partial charge in [0.05, 0.1) is 0 Å². The molecule has 0 radical (unpaired) electrons. The van der Waals surface area contributed by atoms with Crippen molar-refractivity contribution in [3.8, 4) is 0 Å². The molecule has 3 atom stereocenters. The Morgan fingerprint density at radius 1 is 0.957 bits per heavy atom. The molecule has 1 N–H and O–H groups in total. The molecule has 0 spiro atoms. The number of nitrogens with zero attached hydrogens (tertiary/aromatic N) is 1. The van der Waals surface area contributed by atoms with Crippen LogP contribution < -0.4 is 0 Å². The molecule has 2 aliphatic heterocycles. The first-order chi connectivity index (χ1) is 11.3. The van der Waals surface area contributed by atoms with Crippen LogP contribution in [-0.4, -0.2) is 29.1 Å². The normalized spacial score (nSPS) is 30.5. The largest absolute Gasteiger partial charge is 0.384 e. The number of fused-ring (bicyclic) bond motifs is 3. The van der Waals surface area contributed by atoms with Gasteiger partial charge in [0.15, 0.2) is 0 Å². The lowest BCUT2D eigenvalue weighted by molar-refractivity contribution is -0.137. The zero-order chi connectivity index (χ0) is 15.7. The van der Waals surface area contributed by atoms with Crippen molar-refractivity contribution < 1.29 is 5.11 Å². The summed E-state index contributed by atoms with van der Waals surface area (Å²) in [5, 5.41) is 11.5. The predicted octanol–water partition coefficient (Wildman–Crippen LogP) is 3.60. The lowest BCUT2D eigenvalue weighted by Crippen LogP contribution is -2.61. The molecular weight excluding hydrogens is 282 g/mol. The molecule has 2 aromatic rings. The highest BCUT2D eigenvalue weighted by atomic mass is 16.3. The van der Waals surface area contributed by atoms with E-state index in [4.69, 9.17) is 0 Å². The monoisotopic (exact) mass is 307 g/mol. The van der Waals surface area contributed by atoms with Gasteiger partial charge in [-0.15, -0.1) is 0 Å². The fraction of sp³-hybridized carbons (Fsp3) is 0.429. The van der Waals surface area contributed by atoms with E-state index in [9.17, 15) is 5.11 Å². The maximum absolute atomic E-state index is 11.5. The smallest absolute Gasteiger partial charge is 0.105 e. The molecule has 120 valence electrons. The van der Waals surface area contributed by atoms with Crippen LogP contribution in [0.2, 0.25) is 0 Å². The van der Waals surface area contributed by atoms with Gasteiger partial charge in [0.25, 0.3) is 0 Å². The molecule has 2 heterocycles. The van der Waals surface area contributed by atoms with Crippen molar-refractivity contribution in [1.82, 2.24) is 4.90 Å². The van der Waals surface area contributed by atoms with Gasteiger partial charge in [-0.1, -0.05) is 60.7 Å². The maximum atomic E-state index is 11.5. The number of benzene rings is 2. The van der Waals surface area contributed by atoms with E-state index in [0.29, 0.717) is 5.92 Å². The average molecular weight is 307 g/mol. The van der Waals surface area contributed by atoms with E-state index in [1.807, 2.05) is 18.2 Å². The molecule has 2 heteroatoms. The summed E-state index contributed by atoms with van der Waals surface area (Å²) in [5.41, 5.74) is 1.82. The van der Waals surface area contributed by atoms with Crippen molar-refractivity contribution >= 4 is 0 Å². The van der Waals surface area contributed by atoms with Gasteiger partial charge >= 0.3 is 0 Å². The number of aliphatic hydroxyl groups is 1. The lowest BCUT2D eigenvalue weighted by atomic mass is 9.67. The Kier molecular flexibility index (Phi) is 3.96. The van der Waals surface area contributed by atoms with Crippen LogP contribution in [0.3, 0.4) is 0 Å². The van der Waals surface area contributed by atoms with Crippen molar-refractivity contribution in [2.24, 2.45) is 5.92 Å². The van der Waals surface area contributed by atoms with Gasteiger partial charge in [-0.05, 0) is 42.7 Å². The Bertz CT molecular complexity index is 641. The standard InChI is InChI=1S/C21H25NO/c23-21(19-9-5-2-6-10-19)15-18-11-12-20(21)22(16-18)14-13-17-7-3-1-4-8-17/h1-10,18,20,23H,11-16H2. The third kappa shape index (κ3) is 2.82. The summed E-state index contributed by atoms with van der Waals surface area (Å²) >= 11 is 0. The molecular formula is C21H25NO. The molecule has 2 aromatic carbocycles. The third-order valence-electron chi connectivity index (χ3n) is 5.74. The van der Waals surface area contributed by atoms with Gasteiger partial charge in [-0.25, -0.2) is 0 Å². The number of hydrogen-bond acceptors (Lipinski definition) is 2. The Hall–Kier alpha value is -1.64. The second kappa shape index (κ2) is 6.10. The topological polar surface area (TPSA) is 23.5 Å². The minimum atomic E-state index is -0.668. The zero-order valence-electron chi connectivity index (χ0n) is 13.6. The molecule has 23 heavy (non-hydrogen) atoms. The third-order valence-corrected chi connectivity index (χ3v) is 5.74. The van der Waals surface area contributed by atoms with Crippen LogP contribution >= 0.6 is 0 Å². The summed E-state index contributed by atoms with van der Waals surface area (Å²) in [6.07, 6.45) is 4.37. The summed E-state index contributed by atoms with van der Waals surface area (Å²) in [7, 11) is 0. The Morgan fingerprint density at radius 2 is 1.65 bits per heavy atom. The van der Waals surface area contributed by atoms with Crippen LogP contribution in [0.1, 0.15) is 30.4 Å². The Morgan fingerprint density at radius 3 is 2.35 bits per heavy atom. The first-order valence-corrected chi connectivity index (χ1v) is 8.81. The average Bonchev–Trinajstić information content (AvgIpc) is 2.62. The summed E-state index contributed by atoms with van der Waals surface area (Å²) < 4.78 is 0. The highest BCUT2D eigenvalue weighted by molar-refractivity contribution is 5.27. The van der Waals surface area contributed by atoms with E-state index in [2.05, 4.69) is 47.4 Å². The molecule has 2 nitrogen and oxygen atoms in total.